The summed E-state index contributed by atoms with van der Waals surface area (Å²) < 4.78 is 2.69. The zero-order chi connectivity index (χ0) is 38.1. The minimum absolute atomic E-state index is 0.518. The lowest BCUT2D eigenvalue weighted by atomic mass is 9.65. The Balaban J connectivity index is 1.36. The molecule has 270 valence electrons. The molecule has 0 saturated heterocycles. The Morgan fingerprint density at radius 3 is 0.929 bits per heavy atom. The number of hydrogen-bond donors (Lipinski definition) is 0. The molecule has 0 amide bonds. The molecule has 2 aliphatic carbocycles. The summed E-state index contributed by atoms with van der Waals surface area (Å²) >= 11 is 3.81. The van der Waals surface area contributed by atoms with Crippen LogP contribution in [0.25, 0.3) is 42.4 Å². The van der Waals surface area contributed by atoms with E-state index in [9.17, 15) is 0 Å². The highest BCUT2D eigenvalue weighted by Gasteiger charge is 2.52. The first-order valence-electron chi connectivity index (χ1n) is 19.7. The van der Waals surface area contributed by atoms with Gasteiger partial charge in [-0.3, -0.25) is 0 Å². The van der Waals surface area contributed by atoms with Gasteiger partial charge >= 0.3 is 0 Å². The molecule has 0 nitrogen and oxygen atoms in total. The minimum Gasteiger partial charge on any atom is -0.141 e. The summed E-state index contributed by atoms with van der Waals surface area (Å²) in [7, 11) is 0. The van der Waals surface area contributed by atoms with Crippen LogP contribution in [0.4, 0.5) is 0 Å². The molecule has 0 spiro atoms. The van der Waals surface area contributed by atoms with Gasteiger partial charge in [-0.05, 0) is 155 Å². The van der Waals surface area contributed by atoms with Crippen molar-refractivity contribution < 1.29 is 0 Å². The Kier molecular flexibility index (Phi) is 7.22. The fourth-order valence-electron chi connectivity index (χ4n) is 10.4. The summed E-state index contributed by atoms with van der Waals surface area (Å²) in [5, 5.41) is 2.73. The molecule has 11 rings (SSSR count). The van der Waals surface area contributed by atoms with Crippen molar-refractivity contribution >= 4 is 42.8 Å². The largest absolute Gasteiger partial charge is 0.141 e. The lowest BCUT2D eigenvalue weighted by molar-refractivity contribution is 0.764. The average Bonchev–Trinajstić information content (AvgIpc) is 3.93. The van der Waals surface area contributed by atoms with Crippen molar-refractivity contribution in [3.8, 4) is 22.3 Å². The fourth-order valence-corrected chi connectivity index (χ4v) is 12.3. The van der Waals surface area contributed by atoms with Crippen molar-refractivity contribution in [2.75, 3.05) is 0 Å². The molecule has 7 aromatic carbocycles. The van der Waals surface area contributed by atoms with Crippen molar-refractivity contribution in [3.05, 3.63) is 222 Å². The summed E-state index contributed by atoms with van der Waals surface area (Å²) in [6, 6.07) is 57.4. The SMILES string of the molecule is Cc1ccc(C2(c3ccc(C)cc3)c3cc4c(cc3-c3ccc5sc(C)cc5c32)C(c2ccc(C)cc2)(c2ccc(C)cc2)c2c-4ccc3sc(C)cc23)cc1. The lowest BCUT2D eigenvalue weighted by Crippen LogP contribution is -2.30. The third-order valence-electron chi connectivity index (χ3n) is 12.9. The molecule has 56 heavy (non-hydrogen) atoms. The van der Waals surface area contributed by atoms with E-state index in [0.29, 0.717) is 0 Å². The van der Waals surface area contributed by atoms with E-state index >= 15 is 0 Å². The van der Waals surface area contributed by atoms with Gasteiger partial charge in [-0.1, -0.05) is 131 Å². The van der Waals surface area contributed by atoms with Gasteiger partial charge in [0.15, 0.2) is 0 Å². The van der Waals surface area contributed by atoms with Crippen molar-refractivity contribution in [1.29, 1.82) is 0 Å². The van der Waals surface area contributed by atoms with Crippen LogP contribution in [0, 0.1) is 41.5 Å². The van der Waals surface area contributed by atoms with Crippen LogP contribution in [0.15, 0.2) is 146 Å². The van der Waals surface area contributed by atoms with E-state index in [1.165, 1.54) is 119 Å². The molecule has 2 heterocycles. The van der Waals surface area contributed by atoms with Gasteiger partial charge in [0, 0.05) is 19.2 Å². The van der Waals surface area contributed by atoms with Crippen LogP contribution < -0.4 is 0 Å². The van der Waals surface area contributed by atoms with Crippen LogP contribution >= 0.6 is 22.7 Å². The van der Waals surface area contributed by atoms with E-state index < -0.39 is 10.8 Å². The highest BCUT2D eigenvalue weighted by atomic mass is 32.1. The number of thiophene rings is 2. The molecule has 0 aliphatic heterocycles. The van der Waals surface area contributed by atoms with Crippen molar-refractivity contribution in [2.24, 2.45) is 0 Å². The number of benzene rings is 7. The van der Waals surface area contributed by atoms with E-state index in [0.717, 1.165) is 0 Å². The van der Waals surface area contributed by atoms with Crippen molar-refractivity contribution in [2.45, 2.75) is 52.4 Å². The summed E-state index contributed by atoms with van der Waals surface area (Å²) in [5.74, 6) is 0. The van der Waals surface area contributed by atoms with Gasteiger partial charge in [-0.25, -0.2) is 0 Å². The van der Waals surface area contributed by atoms with Gasteiger partial charge in [0.05, 0.1) is 10.8 Å². The van der Waals surface area contributed by atoms with Crippen LogP contribution in [0.1, 0.15) is 76.5 Å². The van der Waals surface area contributed by atoms with E-state index in [1.807, 2.05) is 22.7 Å². The average molecular weight is 755 g/mol. The molecule has 0 radical (unpaired) electrons. The van der Waals surface area contributed by atoms with E-state index in [-0.39, 0.29) is 0 Å². The smallest absolute Gasteiger partial charge is 0.0720 e. The second-order valence-corrected chi connectivity index (χ2v) is 19.0. The van der Waals surface area contributed by atoms with Gasteiger partial charge < -0.3 is 0 Å². The molecule has 0 bridgehead atoms. The van der Waals surface area contributed by atoms with Crippen molar-refractivity contribution in [3.63, 3.8) is 0 Å². The molecule has 0 N–H and O–H groups in total. The third-order valence-corrected chi connectivity index (χ3v) is 14.9. The highest BCUT2D eigenvalue weighted by Crippen LogP contribution is 2.64. The van der Waals surface area contributed by atoms with Crippen LogP contribution in [0.3, 0.4) is 0 Å². The van der Waals surface area contributed by atoms with Crippen LogP contribution in [0.5, 0.6) is 0 Å². The molecule has 2 heteroatoms. The Bertz CT molecular complexity index is 2740. The molecule has 0 saturated carbocycles. The Morgan fingerprint density at radius 1 is 0.321 bits per heavy atom. The quantitative estimate of drug-likeness (QED) is 0.168. The molecule has 2 aliphatic rings. The number of aryl methyl sites for hydroxylation is 6. The number of rotatable bonds is 4. The minimum atomic E-state index is -0.518. The second-order valence-electron chi connectivity index (χ2n) is 16.4. The Hall–Kier alpha value is -5.54. The van der Waals surface area contributed by atoms with Gasteiger partial charge in [-0.2, -0.15) is 0 Å². The maximum absolute atomic E-state index is 2.63. The fraction of sp³-hybridized carbons (Fsp3) is 0.148. The first-order chi connectivity index (χ1) is 27.2. The Labute approximate surface area is 337 Å². The third kappa shape index (κ3) is 4.46. The van der Waals surface area contributed by atoms with Crippen LogP contribution in [0.2, 0.25) is 0 Å². The maximum atomic E-state index is 2.63. The number of hydrogen-bond acceptors (Lipinski definition) is 2. The van der Waals surface area contributed by atoms with E-state index in [4.69, 9.17) is 0 Å². The van der Waals surface area contributed by atoms with Gasteiger partial charge in [0.1, 0.15) is 0 Å². The van der Waals surface area contributed by atoms with Gasteiger partial charge in [-0.15, -0.1) is 22.7 Å². The predicted molar refractivity (Wildman–Crippen MR) is 240 cm³/mol. The summed E-state index contributed by atoms with van der Waals surface area (Å²) in [6.45, 7) is 13.3. The van der Waals surface area contributed by atoms with Crippen LogP contribution in [-0.2, 0) is 10.8 Å². The monoisotopic (exact) mass is 754 g/mol. The zero-order valence-corrected chi connectivity index (χ0v) is 34.3. The Morgan fingerprint density at radius 2 is 0.625 bits per heavy atom. The summed E-state index contributed by atoms with van der Waals surface area (Å²) in [6.07, 6.45) is 0. The molecule has 0 fully saturated rings. The molecule has 0 unspecified atom stereocenters. The first-order valence-corrected chi connectivity index (χ1v) is 21.4. The molecule has 0 atom stereocenters. The van der Waals surface area contributed by atoms with E-state index in [1.54, 1.807) is 0 Å². The second kappa shape index (κ2) is 12.0. The van der Waals surface area contributed by atoms with Crippen LogP contribution in [-0.4, -0.2) is 0 Å². The summed E-state index contributed by atoms with van der Waals surface area (Å²) in [4.78, 5) is 2.69. The standard InChI is InChI=1S/C54H42S2/c1-31-7-15-37(16-8-31)53(38-17-9-32(2)10-18-38)47-29-44-42-24-26-50-46(28-36(6)56-50)52(42)54(39-19-11-33(3)12-20-39,40-21-13-34(4)14-22-40)48(44)30-43(47)41-23-25-49-45(51(41)53)27-35(5)55-49/h7-30H,1-6H3. The van der Waals surface area contributed by atoms with Gasteiger partial charge in [0.2, 0.25) is 0 Å². The first kappa shape index (κ1) is 33.8. The summed E-state index contributed by atoms with van der Waals surface area (Å²) in [5.41, 5.74) is 20.2. The highest BCUT2D eigenvalue weighted by molar-refractivity contribution is 7.19. The predicted octanol–water partition coefficient (Wildman–Crippen LogP) is 14.7. The molecule has 9 aromatic rings. The topological polar surface area (TPSA) is 0 Å². The molecular formula is C54H42S2. The van der Waals surface area contributed by atoms with E-state index in [2.05, 4.69) is 187 Å². The van der Waals surface area contributed by atoms with Gasteiger partial charge in [0.25, 0.3) is 0 Å². The normalized spacial score (nSPS) is 14.5. The van der Waals surface area contributed by atoms with Crippen molar-refractivity contribution in [1.82, 2.24) is 0 Å². The maximum Gasteiger partial charge on any atom is 0.0720 e. The lowest BCUT2D eigenvalue weighted by Gasteiger charge is -2.36. The zero-order valence-electron chi connectivity index (χ0n) is 32.7. The molecule has 2 aromatic heterocycles. The number of fused-ring (bicyclic) bond motifs is 10. The molecular weight excluding hydrogens is 713 g/mol.